The van der Waals surface area contributed by atoms with E-state index in [-0.39, 0.29) is 5.41 Å². The van der Waals surface area contributed by atoms with Gasteiger partial charge in [0.2, 0.25) is 11.8 Å². The van der Waals surface area contributed by atoms with Crippen molar-refractivity contribution in [3.8, 4) is 0 Å². The lowest BCUT2D eigenvalue weighted by Crippen LogP contribution is -2.19. The summed E-state index contributed by atoms with van der Waals surface area (Å²) in [5.74, 6) is 1.32. The van der Waals surface area contributed by atoms with Crippen molar-refractivity contribution in [3.63, 3.8) is 0 Å². The Hall–Kier alpha value is -0.990. The lowest BCUT2D eigenvalue weighted by molar-refractivity contribution is 0.291. The van der Waals surface area contributed by atoms with Crippen molar-refractivity contribution in [2.24, 2.45) is 10.5 Å². The highest BCUT2D eigenvalue weighted by Gasteiger charge is 2.28. The Morgan fingerprint density at radius 2 is 2.00 bits per heavy atom. The van der Waals surface area contributed by atoms with Gasteiger partial charge in [0, 0.05) is 12.5 Å². The van der Waals surface area contributed by atoms with Gasteiger partial charge in [-0.3, -0.25) is 0 Å². The quantitative estimate of drug-likeness (QED) is 0.531. The second-order valence-corrected chi connectivity index (χ2v) is 3.67. The normalized spacial score (nSPS) is 18.4. The van der Waals surface area contributed by atoms with Crippen molar-refractivity contribution in [1.82, 2.24) is 5.01 Å². The van der Waals surface area contributed by atoms with Gasteiger partial charge in [-0.05, 0) is 6.58 Å². The Labute approximate surface area is 67.3 Å². The predicted octanol–water partition coefficient (Wildman–Crippen LogP) is 1.78. The van der Waals surface area contributed by atoms with E-state index in [4.69, 9.17) is 4.74 Å². The average Bonchev–Trinajstić information content (AvgIpc) is 2.11. The van der Waals surface area contributed by atoms with Crippen LogP contribution in [0.15, 0.2) is 17.6 Å². The Bertz CT molecular complexity index is 213. The van der Waals surface area contributed by atoms with E-state index in [0.717, 1.165) is 5.90 Å². The lowest BCUT2D eigenvalue weighted by atomic mass is 9.97. The molecule has 11 heavy (non-hydrogen) atoms. The van der Waals surface area contributed by atoms with E-state index >= 15 is 0 Å². The maximum absolute atomic E-state index is 5.32. The van der Waals surface area contributed by atoms with Crippen LogP contribution >= 0.6 is 0 Å². The van der Waals surface area contributed by atoms with Gasteiger partial charge >= 0.3 is 0 Å². The first-order valence-corrected chi connectivity index (χ1v) is 3.61. The van der Waals surface area contributed by atoms with Crippen LogP contribution in [0.4, 0.5) is 0 Å². The summed E-state index contributed by atoms with van der Waals surface area (Å²) < 4.78 is 5.32. The Balaban J connectivity index is 2.79. The third kappa shape index (κ3) is 1.53. The van der Waals surface area contributed by atoms with Gasteiger partial charge < -0.3 is 4.74 Å². The Morgan fingerprint density at radius 3 is 2.18 bits per heavy atom. The van der Waals surface area contributed by atoms with Crippen LogP contribution in [0.25, 0.3) is 0 Å². The highest BCUT2D eigenvalue weighted by molar-refractivity contribution is 5.83. The molecule has 0 bridgehead atoms. The van der Waals surface area contributed by atoms with Crippen molar-refractivity contribution in [1.29, 1.82) is 0 Å². The van der Waals surface area contributed by atoms with Gasteiger partial charge in [0.05, 0.1) is 0 Å². The summed E-state index contributed by atoms with van der Waals surface area (Å²) in [6.07, 6.45) is 0. The molecule has 1 rings (SSSR count). The molecule has 0 N–H and O–H groups in total. The van der Waals surface area contributed by atoms with Gasteiger partial charge in [-0.25, -0.2) is 5.01 Å². The molecule has 0 spiro atoms. The van der Waals surface area contributed by atoms with Crippen LogP contribution < -0.4 is 0 Å². The molecular weight excluding hydrogens is 140 g/mol. The Morgan fingerprint density at radius 1 is 1.45 bits per heavy atom. The largest absolute Gasteiger partial charge is 0.423 e. The summed E-state index contributed by atoms with van der Waals surface area (Å²) in [6.45, 7) is 9.85. The molecule has 0 fully saturated rings. The molecule has 1 aliphatic rings. The number of nitrogens with zero attached hydrogens (tertiary/aromatic N) is 2. The van der Waals surface area contributed by atoms with E-state index in [1.165, 1.54) is 0 Å². The van der Waals surface area contributed by atoms with Gasteiger partial charge in [-0.15, -0.1) is 5.10 Å². The molecular formula is C8H14N2O. The molecule has 0 saturated heterocycles. The molecule has 3 nitrogen and oxygen atoms in total. The summed E-state index contributed by atoms with van der Waals surface area (Å²) in [5.41, 5.74) is -0.0340. The molecule has 62 valence electrons. The SMILES string of the molecule is C=C1OC(C(C)(C)C)=NN1C. The number of hydrazone groups is 1. The summed E-state index contributed by atoms with van der Waals surface area (Å²) in [4.78, 5) is 0. The molecule has 3 heteroatoms. The lowest BCUT2D eigenvalue weighted by Gasteiger charge is -2.15. The molecule has 0 unspecified atom stereocenters. The molecule has 0 aromatic carbocycles. The highest BCUT2D eigenvalue weighted by atomic mass is 16.5. The average molecular weight is 154 g/mol. The summed E-state index contributed by atoms with van der Waals surface area (Å²) >= 11 is 0. The maximum atomic E-state index is 5.32. The zero-order valence-corrected chi connectivity index (χ0v) is 7.51. The standard InChI is InChI=1S/C8H14N2O/c1-6-10(5)9-7(11-6)8(2,3)4/h1H2,2-5H3. The summed E-state index contributed by atoms with van der Waals surface area (Å²) in [6, 6.07) is 0. The molecule has 0 saturated carbocycles. The first-order valence-electron chi connectivity index (χ1n) is 3.61. The monoisotopic (exact) mass is 154 g/mol. The molecule has 0 atom stereocenters. The van der Waals surface area contributed by atoms with Gasteiger partial charge in [-0.2, -0.15) is 0 Å². The van der Waals surface area contributed by atoms with Crippen LogP contribution in [0.1, 0.15) is 20.8 Å². The topological polar surface area (TPSA) is 24.8 Å². The van der Waals surface area contributed by atoms with Gasteiger partial charge in [0.25, 0.3) is 0 Å². The van der Waals surface area contributed by atoms with E-state index in [1.54, 1.807) is 5.01 Å². The summed E-state index contributed by atoms with van der Waals surface area (Å²) in [5, 5.41) is 5.81. The molecule has 0 aliphatic carbocycles. The number of ether oxygens (including phenoxy) is 1. The fourth-order valence-electron chi connectivity index (χ4n) is 0.693. The molecule has 0 aromatic heterocycles. The smallest absolute Gasteiger partial charge is 0.219 e. The van der Waals surface area contributed by atoms with Crippen molar-refractivity contribution in [3.05, 3.63) is 12.5 Å². The minimum atomic E-state index is -0.0340. The van der Waals surface area contributed by atoms with E-state index in [9.17, 15) is 0 Å². The first-order chi connectivity index (χ1) is 4.91. The van der Waals surface area contributed by atoms with E-state index in [0.29, 0.717) is 5.88 Å². The Kier molecular flexibility index (Phi) is 1.66. The minimum Gasteiger partial charge on any atom is -0.423 e. The molecule has 0 radical (unpaired) electrons. The third-order valence-electron chi connectivity index (χ3n) is 1.46. The van der Waals surface area contributed by atoms with Crippen LogP contribution in [-0.2, 0) is 4.74 Å². The first kappa shape index (κ1) is 8.11. The van der Waals surface area contributed by atoms with Crippen LogP contribution in [0.3, 0.4) is 0 Å². The van der Waals surface area contributed by atoms with Crippen LogP contribution in [0.2, 0.25) is 0 Å². The van der Waals surface area contributed by atoms with E-state index in [2.05, 4.69) is 32.5 Å². The van der Waals surface area contributed by atoms with Crippen molar-refractivity contribution in [2.75, 3.05) is 7.05 Å². The molecule has 1 heterocycles. The van der Waals surface area contributed by atoms with Crippen LogP contribution in [0.5, 0.6) is 0 Å². The minimum absolute atomic E-state index is 0.0340. The maximum Gasteiger partial charge on any atom is 0.219 e. The van der Waals surface area contributed by atoms with Crippen molar-refractivity contribution in [2.45, 2.75) is 20.8 Å². The van der Waals surface area contributed by atoms with Crippen molar-refractivity contribution < 1.29 is 4.74 Å². The highest BCUT2D eigenvalue weighted by Crippen LogP contribution is 2.24. The fourth-order valence-corrected chi connectivity index (χ4v) is 0.693. The van der Waals surface area contributed by atoms with Crippen LogP contribution in [0, 0.1) is 5.41 Å². The second kappa shape index (κ2) is 2.26. The zero-order valence-electron chi connectivity index (χ0n) is 7.51. The number of hydrogen-bond acceptors (Lipinski definition) is 3. The van der Waals surface area contributed by atoms with E-state index < -0.39 is 0 Å². The third-order valence-corrected chi connectivity index (χ3v) is 1.46. The zero-order chi connectivity index (χ0) is 8.65. The van der Waals surface area contributed by atoms with Gasteiger partial charge in [-0.1, -0.05) is 20.8 Å². The van der Waals surface area contributed by atoms with E-state index in [1.807, 2.05) is 7.05 Å². The van der Waals surface area contributed by atoms with Crippen molar-refractivity contribution >= 4 is 5.90 Å². The van der Waals surface area contributed by atoms with Gasteiger partial charge in [0.1, 0.15) is 0 Å². The molecule has 0 aromatic rings. The number of rotatable bonds is 0. The fraction of sp³-hybridized carbons (Fsp3) is 0.625. The van der Waals surface area contributed by atoms with Crippen LogP contribution in [-0.4, -0.2) is 18.0 Å². The summed E-state index contributed by atoms with van der Waals surface area (Å²) in [7, 11) is 1.82. The second-order valence-electron chi connectivity index (χ2n) is 3.67. The predicted molar refractivity (Wildman–Crippen MR) is 44.9 cm³/mol. The molecule has 0 amide bonds. The van der Waals surface area contributed by atoms with Gasteiger partial charge in [0.15, 0.2) is 0 Å². The number of hydrogen-bond donors (Lipinski definition) is 0. The molecule has 1 aliphatic heterocycles.